The second-order valence-corrected chi connectivity index (χ2v) is 22.9. The number of para-hydroxylation sites is 2. The molecule has 0 N–H and O–H groups in total. The molecular formula is C75H60N6O. The van der Waals surface area contributed by atoms with Crippen molar-refractivity contribution in [2.75, 3.05) is 16.5 Å². The zero-order chi connectivity index (χ0) is 54.9. The number of aromatic nitrogens is 4. The Morgan fingerprint density at radius 3 is 1.71 bits per heavy atom. The fraction of sp³-hybridized carbons (Fsp3) is 0.120. The highest BCUT2D eigenvalue weighted by atomic mass is 16.5. The Bertz CT molecular complexity index is 4440. The maximum absolute atomic E-state index is 7.39. The number of benzene rings is 10. The van der Waals surface area contributed by atoms with Crippen molar-refractivity contribution in [2.45, 2.75) is 52.0 Å². The lowest BCUT2D eigenvalue weighted by Gasteiger charge is -2.28. The van der Waals surface area contributed by atoms with Gasteiger partial charge >= 0.3 is 0 Å². The Labute approximate surface area is 478 Å². The predicted molar refractivity (Wildman–Crippen MR) is 339 cm³/mol. The number of rotatable bonds is 10. The van der Waals surface area contributed by atoms with E-state index in [1.165, 1.54) is 22.2 Å². The first-order valence-electron chi connectivity index (χ1n) is 28.7. The van der Waals surface area contributed by atoms with E-state index in [0.29, 0.717) is 6.67 Å². The van der Waals surface area contributed by atoms with Gasteiger partial charge in [0.15, 0.2) is 0 Å². The van der Waals surface area contributed by atoms with Gasteiger partial charge in [0.1, 0.15) is 29.8 Å². The lowest BCUT2D eigenvalue weighted by molar-refractivity contribution is 0.483. The standard InChI is InChI=1S/C75H60N6O/c1-75(2,3)55-39-40-76-72(44-55)81-66-35-17-16-30-63(66)64-38-37-57(46-67(64)81)82-58-43-54(73-59(50-22-8-4-9-23-50)31-20-32-60(73)51-24-10-5-11-25-51)42-56(45-58)79-49-80(70-48-68-65(47-69(70)79)77-71-36-18-19-41-78(68)71)74-61(52-26-12-6-13-27-52)33-21-34-62(74)53-28-14-7-15-29-53/h4-17,20-35,37-40,42-48H,18-19,36,41,49H2,1-3H3. The predicted octanol–water partition coefficient (Wildman–Crippen LogP) is 19.5. The average molecular weight is 1060 g/mol. The third-order valence-corrected chi connectivity index (χ3v) is 16.7. The summed E-state index contributed by atoms with van der Waals surface area (Å²) in [4.78, 5) is 15.4. The van der Waals surface area contributed by atoms with Crippen molar-refractivity contribution in [3.63, 3.8) is 0 Å². The van der Waals surface area contributed by atoms with E-state index in [1.807, 2.05) is 6.20 Å². The second kappa shape index (κ2) is 20.0. The first-order chi connectivity index (χ1) is 40.3. The molecule has 10 aromatic carbocycles. The van der Waals surface area contributed by atoms with Crippen molar-refractivity contribution in [3.05, 3.63) is 260 Å². The molecule has 5 heterocycles. The van der Waals surface area contributed by atoms with Crippen molar-refractivity contribution in [1.82, 2.24) is 19.1 Å². The summed E-state index contributed by atoms with van der Waals surface area (Å²) in [6.45, 7) is 8.25. The van der Waals surface area contributed by atoms with Crippen molar-refractivity contribution in [2.24, 2.45) is 0 Å². The van der Waals surface area contributed by atoms with Gasteiger partial charge in [0, 0.05) is 58.9 Å². The number of pyridine rings is 1. The maximum atomic E-state index is 7.39. The monoisotopic (exact) mass is 1060 g/mol. The van der Waals surface area contributed by atoms with Crippen molar-refractivity contribution < 1.29 is 4.74 Å². The van der Waals surface area contributed by atoms with E-state index in [0.717, 1.165) is 144 Å². The van der Waals surface area contributed by atoms with Crippen LogP contribution in [0.5, 0.6) is 11.5 Å². The number of hydrogen-bond donors (Lipinski definition) is 0. The molecule has 0 atom stereocenters. The van der Waals surface area contributed by atoms with Gasteiger partial charge in [-0.1, -0.05) is 197 Å². The van der Waals surface area contributed by atoms with E-state index in [2.05, 4.69) is 282 Å². The molecule has 0 unspecified atom stereocenters. The summed E-state index contributed by atoms with van der Waals surface area (Å²) in [6.07, 6.45) is 5.20. The number of fused-ring (bicyclic) bond motifs is 7. The number of anilines is 4. The molecule has 82 heavy (non-hydrogen) atoms. The van der Waals surface area contributed by atoms with Gasteiger partial charge in [-0.25, -0.2) is 9.97 Å². The van der Waals surface area contributed by atoms with Gasteiger partial charge in [-0.15, -0.1) is 0 Å². The normalized spacial score (nSPS) is 13.3. The molecule has 0 spiro atoms. The highest BCUT2D eigenvalue weighted by Gasteiger charge is 2.34. The van der Waals surface area contributed by atoms with Gasteiger partial charge in [0.05, 0.1) is 39.1 Å². The average Bonchev–Trinajstić information content (AvgIpc) is 3.63. The number of hydrogen-bond acceptors (Lipinski definition) is 5. The molecule has 0 radical (unpaired) electrons. The summed E-state index contributed by atoms with van der Waals surface area (Å²) >= 11 is 0. The molecule has 396 valence electrons. The Balaban J connectivity index is 0.969. The van der Waals surface area contributed by atoms with Crippen LogP contribution >= 0.6 is 0 Å². The molecule has 3 aromatic heterocycles. The van der Waals surface area contributed by atoms with Gasteiger partial charge in [-0.2, -0.15) is 0 Å². The Morgan fingerprint density at radius 1 is 0.451 bits per heavy atom. The largest absolute Gasteiger partial charge is 0.457 e. The summed E-state index contributed by atoms with van der Waals surface area (Å²) in [6, 6.07) is 87.9. The molecule has 13 aromatic rings. The van der Waals surface area contributed by atoms with E-state index in [4.69, 9.17) is 14.7 Å². The van der Waals surface area contributed by atoms with Crippen LogP contribution in [-0.2, 0) is 18.4 Å². The molecule has 0 saturated carbocycles. The van der Waals surface area contributed by atoms with E-state index in [9.17, 15) is 0 Å². The van der Waals surface area contributed by atoms with Gasteiger partial charge < -0.3 is 19.1 Å². The number of imidazole rings is 1. The zero-order valence-electron chi connectivity index (χ0n) is 46.3. The van der Waals surface area contributed by atoms with E-state index in [-0.39, 0.29) is 5.41 Å². The fourth-order valence-corrected chi connectivity index (χ4v) is 12.8. The molecule has 0 amide bonds. The Kier molecular flexibility index (Phi) is 12.0. The topological polar surface area (TPSA) is 51.4 Å². The van der Waals surface area contributed by atoms with Crippen LogP contribution in [0.1, 0.15) is 45.0 Å². The molecule has 0 aliphatic carbocycles. The van der Waals surface area contributed by atoms with Gasteiger partial charge in [-0.3, -0.25) is 4.57 Å². The maximum Gasteiger partial charge on any atom is 0.137 e. The molecule has 15 rings (SSSR count). The lowest BCUT2D eigenvalue weighted by atomic mass is 9.87. The van der Waals surface area contributed by atoms with Crippen LogP contribution in [0, 0.1) is 0 Å². The van der Waals surface area contributed by atoms with Gasteiger partial charge in [0.25, 0.3) is 0 Å². The van der Waals surface area contributed by atoms with Crippen LogP contribution in [0.3, 0.4) is 0 Å². The number of ether oxygens (including phenoxy) is 1. The Hall–Kier alpha value is -9.98. The third kappa shape index (κ3) is 8.59. The summed E-state index contributed by atoms with van der Waals surface area (Å²) < 4.78 is 12.1. The van der Waals surface area contributed by atoms with E-state index >= 15 is 0 Å². The fourth-order valence-electron chi connectivity index (χ4n) is 12.8. The molecule has 2 aliphatic rings. The van der Waals surface area contributed by atoms with E-state index < -0.39 is 0 Å². The third-order valence-electron chi connectivity index (χ3n) is 16.7. The van der Waals surface area contributed by atoms with Crippen LogP contribution in [0.2, 0.25) is 0 Å². The van der Waals surface area contributed by atoms with Crippen LogP contribution in [-0.4, -0.2) is 25.8 Å². The first-order valence-corrected chi connectivity index (χ1v) is 28.7. The quantitative estimate of drug-likeness (QED) is 0.137. The van der Waals surface area contributed by atoms with Crippen LogP contribution in [0.4, 0.5) is 22.7 Å². The SMILES string of the molecule is CC(C)(C)c1ccnc(-n2c3ccccc3c3ccc(Oc4cc(-c5c(-c6ccccc6)cccc5-c5ccccc5)cc(N5CN(c6c(-c7ccccc7)cccc6-c6ccccc6)c6cc7c(cc65)nc5n7CCCC5)c4)cc32)c1. The first kappa shape index (κ1) is 49.1. The minimum Gasteiger partial charge on any atom is -0.457 e. The minimum atomic E-state index is -0.0562. The lowest BCUT2D eigenvalue weighted by Crippen LogP contribution is -2.25. The summed E-state index contributed by atoms with van der Waals surface area (Å²) in [5.74, 6) is 3.48. The van der Waals surface area contributed by atoms with Crippen LogP contribution in [0.15, 0.2) is 249 Å². The van der Waals surface area contributed by atoms with Crippen molar-refractivity contribution in [3.8, 4) is 73.0 Å². The smallest absolute Gasteiger partial charge is 0.137 e. The van der Waals surface area contributed by atoms with E-state index in [1.54, 1.807) is 0 Å². The Morgan fingerprint density at radius 2 is 1.05 bits per heavy atom. The van der Waals surface area contributed by atoms with Crippen molar-refractivity contribution in [1.29, 1.82) is 0 Å². The zero-order valence-corrected chi connectivity index (χ0v) is 46.3. The second-order valence-electron chi connectivity index (χ2n) is 22.9. The number of nitrogens with zero attached hydrogens (tertiary/aromatic N) is 6. The molecule has 7 heteroatoms. The summed E-state index contributed by atoms with van der Waals surface area (Å²) in [7, 11) is 0. The van der Waals surface area contributed by atoms with Crippen molar-refractivity contribution >= 4 is 55.6 Å². The van der Waals surface area contributed by atoms with Gasteiger partial charge in [-0.05, 0) is 123 Å². The summed E-state index contributed by atoms with van der Waals surface area (Å²) in [5.41, 5.74) is 21.2. The highest BCUT2D eigenvalue weighted by Crippen LogP contribution is 2.53. The molecule has 0 bridgehead atoms. The highest BCUT2D eigenvalue weighted by molar-refractivity contribution is 6.10. The van der Waals surface area contributed by atoms with Crippen LogP contribution < -0.4 is 14.5 Å². The molecular weight excluding hydrogens is 1000 g/mol. The summed E-state index contributed by atoms with van der Waals surface area (Å²) in [5, 5.41) is 2.30. The van der Waals surface area contributed by atoms with Gasteiger partial charge in [0.2, 0.25) is 0 Å². The van der Waals surface area contributed by atoms with Crippen LogP contribution in [0.25, 0.3) is 94.3 Å². The molecule has 7 nitrogen and oxygen atoms in total. The number of aryl methyl sites for hydroxylation is 2. The minimum absolute atomic E-state index is 0.0562. The molecule has 0 saturated heterocycles. The molecule has 0 fully saturated rings. The molecule has 2 aliphatic heterocycles.